The van der Waals surface area contributed by atoms with Crippen molar-refractivity contribution < 1.29 is 23.4 Å². The summed E-state index contributed by atoms with van der Waals surface area (Å²) in [6.45, 7) is 4.05. The summed E-state index contributed by atoms with van der Waals surface area (Å²) >= 11 is 0. The van der Waals surface area contributed by atoms with Crippen LogP contribution in [0.2, 0.25) is 0 Å². The first-order chi connectivity index (χ1) is 18.7. The van der Waals surface area contributed by atoms with Crippen LogP contribution in [-0.4, -0.2) is 51.9 Å². The summed E-state index contributed by atoms with van der Waals surface area (Å²) in [5.41, 5.74) is 2.82. The van der Waals surface area contributed by atoms with Crippen LogP contribution in [0.1, 0.15) is 55.6 Å². The lowest BCUT2D eigenvalue weighted by atomic mass is 10.1. The number of benzene rings is 1. The SMILES string of the molecule is COc1ncnc(C2CC2)c1-c1ncc2cnn(Cc3ccc(-c4nc(C(F)(F)F)cn4C(C)C)cc3)c2n1.O. The van der Waals surface area contributed by atoms with E-state index in [1.54, 1.807) is 36.3 Å². The molecule has 2 N–H and O–H groups in total. The maximum atomic E-state index is 13.3. The quantitative estimate of drug-likeness (QED) is 0.282. The Morgan fingerprint density at radius 1 is 1.02 bits per heavy atom. The molecule has 4 heterocycles. The highest BCUT2D eigenvalue weighted by atomic mass is 19.4. The van der Waals surface area contributed by atoms with E-state index in [4.69, 9.17) is 9.72 Å². The third kappa shape index (κ3) is 4.99. The standard InChI is InChI=1S/C27H25F3N8O.H2O/c1-15(2)37-13-20(27(28,29)30)35-24(37)18-6-4-16(5-7-18)12-38-25-19(11-34-38)10-31-23(36-25)21-22(17-8-9-17)32-14-33-26(21)39-3;/h4-7,10-11,13-15,17H,8-9,12H2,1-3H3;1H2. The van der Waals surface area contributed by atoms with Crippen molar-refractivity contribution >= 4 is 11.0 Å². The molecule has 4 aromatic heterocycles. The van der Waals surface area contributed by atoms with Crippen LogP contribution < -0.4 is 4.74 Å². The van der Waals surface area contributed by atoms with E-state index in [1.165, 1.54) is 10.9 Å². The monoisotopic (exact) mass is 552 g/mol. The number of imidazole rings is 1. The third-order valence-electron chi connectivity index (χ3n) is 6.72. The van der Waals surface area contributed by atoms with Crippen LogP contribution in [0.5, 0.6) is 5.88 Å². The smallest absolute Gasteiger partial charge is 0.434 e. The lowest BCUT2D eigenvalue weighted by molar-refractivity contribution is -0.140. The van der Waals surface area contributed by atoms with E-state index in [1.807, 2.05) is 26.0 Å². The number of ether oxygens (including phenoxy) is 1. The minimum Gasteiger partial charge on any atom is -0.480 e. The number of alkyl halides is 3. The van der Waals surface area contributed by atoms with Crippen LogP contribution in [-0.2, 0) is 12.7 Å². The first kappa shape index (κ1) is 27.2. The number of nitrogens with zero attached hydrogens (tertiary/aromatic N) is 8. The molecular formula is C27H27F3N8O2. The molecule has 10 nitrogen and oxygen atoms in total. The highest BCUT2D eigenvalue weighted by Gasteiger charge is 2.35. The van der Waals surface area contributed by atoms with E-state index >= 15 is 0 Å². The third-order valence-corrected chi connectivity index (χ3v) is 6.72. The maximum absolute atomic E-state index is 13.3. The molecule has 1 aliphatic carbocycles. The van der Waals surface area contributed by atoms with E-state index in [-0.39, 0.29) is 17.3 Å². The molecule has 1 fully saturated rings. The molecule has 0 spiro atoms. The fraction of sp³-hybridized carbons (Fsp3) is 0.333. The second-order valence-corrected chi connectivity index (χ2v) is 9.84. The Labute approximate surface area is 227 Å². The molecule has 208 valence electrons. The zero-order chi connectivity index (χ0) is 27.3. The fourth-order valence-corrected chi connectivity index (χ4v) is 4.59. The van der Waals surface area contributed by atoms with E-state index < -0.39 is 11.9 Å². The summed E-state index contributed by atoms with van der Waals surface area (Å²) in [6, 6.07) is 7.09. The van der Waals surface area contributed by atoms with E-state index in [0.717, 1.165) is 35.7 Å². The molecule has 1 saturated carbocycles. The highest BCUT2D eigenvalue weighted by Crippen LogP contribution is 2.44. The van der Waals surface area contributed by atoms with Gasteiger partial charge in [-0.1, -0.05) is 24.3 Å². The van der Waals surface area contributed by atoms with Gasteiger partial charge in [0.05, 0.1) is 30.9 Å². The minimum atomic E-state index is -4.51. The Balaban J connectivity index is 0.00000323. The lowest BCUT2D eigenvalue weighted by Crippen LogP contribution is -2.05. The molecule has 0 saturated heterocycles. The van der Waals surface area contributed by atoms with E-state index in [2.05, 4.69) is 25.0 Å². The van der Waals surface area contributed by atoms with Crippen molar-refractivity contribution in [2.75, 3.05) is 7.11 Å². The Morgan fingerprint density at radius 2 is 1.77 bits per heavy atom. The highest BCUT2D eigenvalue weighted by molar-refractivity contribution is 5.77. The van der Waals surface area contributed by atoms with Gasteiger partial charge in [0.25, 0.3) is 0 Å². The van der Waals surface area contributed by atoms with Crippen molar-refractivity contribution in [3.63, 3.8) is 0 Å². The van der Waals surface area contributed by atoms with Gasteiger partial charge < -0.3 is 14.8 Å². The topological polar surface area (TPSA) is 128 Å². The number of methoxy groups -OCH3 is 1. The molecule has 0 aliphatic heterocycles. The van der Waals surface area contributed by atoms with Crippen LogP contribution in [0, 0.1) is 0 Å². The van der Waals surface area contributed by atoms with Crippen LogP contribution in [0.4, 0.5) is 13.2 Å². The Kier molecular flexibility index (Phi) is 7.00. The minimum absolute atomic E-state index is 0. The molecule has 6 rings (SSSR count). The summed E-state index contributed by atoms with van der Waals surface area (Å²) < 4.78 is 48.7. The van der Waals surface area contributed by atoms with Gasteiger partial charge in [-0.2, -0.15) is 18.3 Å². The molecular weight excluding hydrogens is 525 g/mol. The number of hydrogen-bond donors (Lipinski definition) is 0. The average molecular weight is 553 g/mol. The van der Waals surface area contributed by atoms with E-state index in [9.17, 15) is 13.2 Å². The Bertz CT molecular complexity index is 1660. The zero-order valence-corrected chi connectivity index (χ0v) is 22.0. The van der Waals surface area contributed by atoms with Crippen molar-refractivity contribution in [3.8, 4) is 28.7 Å². The molecule has 40 heavy (non-hydrogen) atoms. The molecule has 1 aliphatic rings. The average Bonchev–Trinajstić information content (AvgIpc) is 3.53. The van der Waals surface area contributed by atoms with Gasteiger partial charge in [-0.3, -0.25) is 0 Å². The van der Waals surface area contributed by atoms with Crippen molar-refractivity contribution in [3.05, 3.63) is 66.1 Å². The molecule has 1 aromatic carbocycles. The van der Waals surface area contributed by atoms with E-state index in [0.29, 0.717) is 40.9 Å². The van der Waals surface area contributed by atoms with Gasteiger partial charge in [-0.25, -0.2) is 29.6 Å². The normalized spacial score (nSPS) is 13.6. The second kappa shape index (κ2) is 10.3. The number of rotatable bonds is 7. The van der Waals surface area contributed by atoms with Gasteiger partial charge in [0.2, 0.25) is 5.88 Å². The van der Waals surface area contributed by atoms with Gasteiger partial charge >= 0.3 is 6.18 Å². The number of aromatic nitrogens is 8. The number of halogens is 3. The predicted octanol–water partition coefficient (Wildman–Crippen LogP) is 4.86. The molecule has 0 radical (unpaired) electrons. The van der Waals surface area contributed by atoms with Gasteiger partial charge in [0.15, 0.2) is 17.2 Å². The van der Waals surface area contributed by atoms with Crippen molar-refractivity contribution in [1.82, 2.24) is 39.3 Å². The van der Waals surface area contributed by atoms with Gasteiger partial charge in [-0.15, -0.1) is 0 Å². The maximum Gasteiger partial charge on any atom is 0.434 e. The van der Waals surface area contributed by atoms with Crippen LogP contribution in [0.15, 0.2) is 49.2 Å². The van der Waals surface area contributed by atoms with Crippen LogP contribution in [0.25, 0.3) is 33.8 Å². The summed E-state index contributed by atoms with van der Waals surface area (Å²) in [5.74, 6) is 1.52. The fourth-order valence-electron chi connectivity index (χ4n) is 4.59. The zero-order valence-electron chi connectivity index (χ0n) is 22.0. The predicted molar refractivity (Wildman–Crippen MR) is 141 cm³/mol. The largest absolute Gasteiger partial charge is 0.480 e. The van der Waals surface area contributed by atoms with Crippen LogP contribution >= 0.6 is 0 Å². The number of hydrogen-bond acceptors (Lipinski definition) is 7. The van der Waals surface area contributed by atoms with Crippen molar-refractivity contribution in [2.45, 2.75) is 51.4 Å². The molecule has 0 amide bonds. The Hall–Kier alpha value is -4.39. The van der Waals surface area contributed by atoms with Crippen molar-refractivity contribution in [2.24, 2.45) is 0 Å². The first-order valence-corrected chi connectivity index (χ1v) is 12.6. The van der Waals surface area contributed by atoms with Gasteiger partial charge in [0, 0.05) is 29.9 Å². The molecule has 13 heteroatoms. The molecule has 0 bridgehead atoms. The van der Waals surface area contributed by atoms with Gasteiger partial charge in [0.1, 0.15) is 17.7 Å². The van der Waals surface area contributed by atoms with Gasteiger partial charge in [-0.05, 0) is 32.3 Å². The van der Waals surface area contributed by atoms with Crippen LogP contribution in [0.3, 0.4) is 0 Å². The summed E-state index contributed by atoms with van der Waals surface area (Å²) in [7, 11) is 1.56. The summed E-state index contributed by atoms with van der Waals surface area (Å²) in [4.78, 5) is 22.0. The summed E-state index contributed by atoms with van der Waals surface area (Å²) in [6.07, 6.45) is 3.58. The Morgan fingerprint density at radius 3 is 2.42 bits per heavy atom. The second-order valence-electron chi connectivity index (χ2n) is 9.84. The first-order valence-electron chi connectivity index (χ1n) is 12.6. The lowest BCUT2D eigenvalue weighted by Gasteiger charge is -2.12. The number of fused-ring (bicyclic) bond motifs is 1. The van der Waals surface area contributed by atoms with Crippen molar-refractivity contribution in [1.29, 1.82) is 0 Å². The molecule has 0 atom stereocenters. The molecule has 0 unspecified atom stereocenters. The molecule has 5 aromatic rings. The summed E-state index contributed by atoms with van der Waals surface area (Å²) in [5, 5.41) is 5.27.